The van der Waals surface area contributed by atoms with Crippen molar-refractivity contribution in [2.45, 2.75) is 0 Å². The minimum absolute atomic E-state index is 0.274. The van der Waals surface area contributed by atoms with Crippen LogP contribution in [0, 0.1) is 5.82 Å². The van der Waals surface area contributed by atoms with Crippen LogP contribution in [0.4, 0.5) is 15.9 Å². The number of nitrogens with zero attached hydrogens (tertiary/aromatic N) is 2. The first-order chi connectivity index (χ1) is 9.77. The summed E-state index contributed by atoms with van der Waals surface area (Å²) < 4.78 is 14.1. The molecule has 104 valence electrons. The average Bonchev–Trinajstić information content (AvgIpc) is 2.49. The Balaban J connectivity index is 2.12. The quantitative estimate of drug-likeness (QED) is 0.876. The van der Waals surface area contributed by atoms with Gasteiger partial charge in [-0.05, 0) is 12.1 Å². The van der Waals surface area contributed by atoms with Gasteiger partial charge in [-0.1, -0.05) is 18.2 Å². The molecule has 0 atom stereocenters. The second-order valence-corrected chi connectivity index (χ2v) is 4.81. The number of aromatic nitrogens is 1. The van der Waals surface area contributed by atoms with Crippen LogP contribution in [0.3, 0.4) is 0 Å². The first kappa shape index (κ1) is 12.9. The number of nitrogen functional groups attached to an aromatic ring is 1. The maximum Gasteiger partial charge on any atom is 0.133 e. The summed E-state index contributed by atoms with van der Waals surface area (Å²) in [5, 5.41) is 3.31. The summed E-state index contributed by atoms with van der Waals surface area (Å²) in [5.41, 5.74) is 8.15. The number of nitrogens with one attached hydrogen (secondary N) is 1. The molecule has 1 aromatic carbocycles. The minimum Gasteiger partial charge on any atom is -0.383 e. The topological polar surface area (TPSA) is 54.2 Å². The zero-order chi connectivity index (χ0) is 13.9. The van der Waals surface area contributed by atoms with Gasteiger partial charge in [-0.25, -0.2) is 9.37 Å². The molecule has 1 aromatic heterocycles. The van der Waals surface area contributed by atoms with Crippen LogP contribution in [-0.4, -0.2) is 31.2 Å². The normalized spacial score (nSPS) is 15.3. The summed E-state index contributed by atoms with van der Waals surface area (Å²) in [6, 6.07) is 8.59. The van der Waals surface area contributed by atoms with E-state index in [1.54, 1.807) is 18.3 Å². The molecule has 1 aliphatic heterocycles. The molecule has 3 rings (SSSR count). The van der Waals surface area contributed by atoms with Gasteiger partial charge in [0.1, 0.15) is 11.6 Å². The van der Waals surface area contributed by atoms with Gasteiger partial charge in [-0.15, -0.1) is 0 Å². The number of halogens is 1. The van der Waals surface area contributed by atoms with E-state index in [-0.39, 0.29) is 5.82 Å². The van der Waals surface area contributed by atoms with E-state index in [1.165, 1.54) is 6.07 Å². The maximum atomic E-state index is 14.1. The first-order valence-electron chi connectivity index (χ1n) is 6.72. The van der Waals surface area contributed by atoms with Crippen molar-refractivity contribution in [3.8, 4) is 11.1 Å². The summed E-state index contributed by atoms with van der Waals surface area (Å²) in [6.45, 7) is 3.59. The molecule has 3 N–H and O–H groups in total. The lowest BCUT2D eigenvalue weighted by Crippen LogP contribution is -2.43. The lowest BCUT2D eigenvalue weighted by molar-refractivity contribution is 0.589. The van der Waals surface area contributed by atoms with Crippen LogP contribution >= 0.6 is 0 Å². The minimum atomic E-state index is -0.274. The Morgan fingerprint density at radius 2 is 1.90 bits per heavy atom. The van der Waals surface area contributed by atoms with Crippen molar-refractivity contribution in [3.05, 3.63) is 42.3 Å². The Bertz CT molecular complexity index is 609. The number of anilines is 2. The smallest absolute Gasteiger partial charge is 0.133 e. The molecule has 20 heavy (non-hydrogen) atoms. The van der Waals surface area contributed by atoms with E-state index in [9.17, 15) is 4.39 Å². The van der Waals surface area contributed by atoms with E-state index < -0.39 is 0 Å². The number of hydrogen-bond donors (Lipinski definition) is 2. The standard InChI is InChI=1S/C15H17FN4/c16-12-4-2-1-3-11(12)14-13(5-6-19-15(14)17)20-9-7-18-8-10-20/h1-6,18H,7-10H2,(H2,17,19). The summed E-state index contributed by atoms with van der Waals surface area (Å²) in [6.07, 6.45) is 1.68. The summed E-state index contributed by atoms with van der Waals surface area (Å²) in [4.78, 5) is 6.34. The van der Waals surface area contributed by atoms with Gasteiger partial charge in [-0.2, -0.15) is 0 Å². The molecule has 0 amide bonds. The second kappa shape index (κ2) is 5.46. The Morgan fingerprint density at radius 1 is 1.15 bits per heavy atom. The van der Waals surface area contributed by atoms with E-state index in [4.69, 9.17) is 5.73 Å². The predicted octanol–water partition coefficient (Wildman–Crippen LogP) is 1.88. The lowest BCUT2D eigenvalue weighted by atomic mass is 10.0. The molecule has 1 fully saturated rings. The lowest BCUT2D eigenvalue weighted by Gasteiger charge is -2.31. The Kier molecular flexibility index (Phi) is 3.52. The fourth-order valence-electron chi connectivity index (χ4n) is 2.58. The summed E-state index contributed by atoms with van der Waals surface area (Å²) >= 11 is 0. The van der Waals surface area contributed by atoms with E-state index in [2.05, 4.69) is 15.2 Å². The molecule has 0 spiro atoms. The predicted molar refractivity (Wildman–Crippen MR) is 79.1 cm³/mol. The largest absolute Gasteiger partial charge is 0.383 e. The van der Waals surface area contributed by atoms with Crippen LogP contribution in [0.1, 0.15) is 0 Å². The molecular formula is C15H17FN4. The third-order valence-electron chi connectivity index (χ3n) is 3.56. The van der Waals surface area contributed by atoms with Gasteiger partial charge in [0, 0.05) is 37.9 Å². The fourth-order valence-corrected chi connectivity index (χ4v) is 2.58. The third-order valence-corrected chi connectivity index (χ3v) is 3.56. The summed E-state index contributed by atoms with van der Waals surface area (Å²) in [5.74, 6) is 0.0923. The number of rotatable bonds is 2. The van der Waals surface area contributed by atoms with Gasteiger partial charge in [0.2, 0.25) is 0 Å². The molecule has 0 aliphatic carbocycles. The highest BCUT2D eigenvalue weighted by Crippen LogP contribution is 2.36. The molecule has 5 heteroatoms. The molecule has 2 aromatic rings. The van der Waals surface area contributed by atoms with Crippen LogP contribution < -0.4 is 16.0 Å². The number of piperazine rings is 1. The molecule has 0 radical (unpaired) electrons. The molecule has 2 heterocycles. The molecule has 1 saturated heterocycles. The molecular weight excluding hydrogens is 255 g/mol. The molecule has 1 aliphatic rings. The van der Waals surface area contributed by atoms with Crippen molar-refractivity contribution >= 4 is 11.5 Å². The van der Waals surface area contributed by atoms with Crippen molar-refractivity contribution in [2.75, 3.05) is 36.8 Å². The molecule has 0 bridgehead atoms. The Labute approximate surface area is 117 Å². The number of hydrogen-bond acceptors (Lipinski definition) is 4. The van der Waals surface area contributed by atoms with Gasteiger partial charge in [0.25, 0.3) is 0 Å². The van der Waals surface area contributed by atoms with Gasteiger partial charge >= 0.3 is 0 Å². The fraction of sp³-hybridized carbons (Fsp3) is 0.267. The zero-order valence-corrected chi connectivity index (χ0v) is 11.1. The van der Waals surface area contributed by atoms with Gasteiger partial charge in [-0.3, -0.25) is 0 Å². The van der Waals surface area contributed by atoms with E-state index in [0.29, 0.717) is 16.9 Å². The number of nitrogens with two attached hydrogens (primary N) is 1. The monoisotopic (exact) mass is 272 g/mol. The van der Waals surface area contributed by atoms with Crippen LogP contribution in [0.25, 0.3) is 11.1 Å². The van der Waals surface area contributed by atoms with E-state index in [0.717, 1.165) is 31.9 Å². The van der Waals surface area contributed by atoms with Gasteiger partial charge in [0.15, 0.2) is 0 Å². The zero-order valence-electron chi connectivity index (χ0n) is 11.1. The summed E-state index contributed by atoms with van der Waals surface area (Å²) in [7, 11) is 0. The van der Waals surface area contributed by atoms with Crippen molar-refractivity contribution in [1.82, 2.24) is 10.3 Å². The number of pyridine rings is 1. The van der Waals surface area contributed by atoms with Crippen LogP contribution in [0.15, 0.2) is 36.5 Å². The third kappa shape index (κ3) is 2.32. The Hall–Kier alpha value is -2.14. The highest BCUT2D eigenvalue weighted by atomic mass is 19.1. The highest BCUT2D eigenvalue weighted by molar-refractivity contribution is 5.86. The molecule has 4 nitrogen and oxygen atoms in total. The molecule has 0 unspecified atom stereocenters. The maximum absolute atomic E-state index is 14.1. The van der Waals surface area contributed by atoms with Crippen molar-refractivity contribution in [3.63, 3.8) is 0 Å². The average molecular weight is 272 g/mol. The van der Waals surface area contributed by atoms with Crippen molar-refractivity contribution in [2.24, 2.45) is 0 Å². The SMILES string of the molecule is Nc1nccc(N2CCNCC2)c1-c1ccccc1F. The molecule has 0 saturated carbocycles. The second-order valence-electron chi connectivity index (χ2n) is 4.81. The van der Waals surface area contributed by atoms with Gasteiger partial charge < -0.3 is 16.0 Å². The van der Waals surface area contributed by atoms with Crippen LogP contribution in [0.2, 0.25) is 0 Å². The number of benzene rings is 1. The van der Waals surface area contributed by atoms with Gasteiger partial charge in [0.05, 0.1) is 11.3 Å². The van der Waals surface area contributed by atoms with Crippen molar-refractivity contribution < 1.29 is 4.39 Å². The van der Waals surface area contributed by atoms with Crippen molar-refractivity contribution in [1.29, 1.82) is 0 Å². The van der Waals surface area contributed by atoms with Crippen LogP contribution in [0.5, 0.6) is 0 Å². The first-order valence-corrected chi connectivity index (χ1v) is 6.72. The Morgan fingerprint density at radius 3 is 2.65 bits per heavy atom. The van der Waals surface area contributed by atoms with Crippen LogP contribution in [-0.2, 0) is 0 Å². The highest BCUT2D eigenvalue weighted by Gasteiger charge is 2.19. The van der Waals surface area contributed by atoms with E-state index in [1.807, 2.05) is 12.1 Å². The van der Waals surface area contributed by atoms with E-state index >= 15 is 0 Å².